The topological polar surface area (TPSA) is 75.7 Å². The van der Waals surface area contributed by atoms with Crippen LogP contribution in [0.2, 0.25) is 0 Å². The van der Waals surface area contributed by atoms with Crippen LogP contribution in [-0.4, -0.2) is 37.8 Å². The van der Waals surface area contributed by atoms with Gasteiger partial charge in [0, 0.05) is 32.0 Å². The molecule has 1 heterocycles. The van der Waals surface area contributed by atoms with Gasteiger partial charge in [-0.25, -0.2) is 0 Å². The predicted octanol–water partition coefficient (Wildman–Crippen LogP) is 1.92. The molecule has 1 aromatic rings. The van der Waals surface area contributed by atoms with Gasteiger partial charge in [-0.05, 0) is 24.6 Å². The van der Waals surface area contributed by atoms with Crippen LogP contribution in [0.3, 0.4) is 0 Å². The summed E-state index contributed by atoms with van der Waals surface area (Å²) in [6.07, 6.45) is 2.27. The first-order chi connectivity index (χ1) is 11.0. The third-order valence-electron chi connectivity index (χ3n) is 3.80. The van der Waals surface area contributed by atoms with Crippen molar-refractivity contribution in [3.05, 3.63) is 23.8 Å². The average molecular weight is 318 g/mol. The van der Waals surface area contributed by atoms with Crippen molar-refractivity contribution in [3.8, 4) is 5.75 Å². The summed E-state index contributed by atoms with van der Waals surface area (Å²) in [5.74, 6) is 0.198. The van der Waals surface area contributed by atoms with Crippen LogP contribution in [0, 0.1) is 0 Å². The van der Waals surface area contributed by atoms with E-state index in [1.165, 1.54) is 4.90 Å². The molecule has 6 heteroatoms. The predicted molar refractivity (Wildman–Crippen MR) is 86.8 cm³/mol. The number of nitrogens with zero attached hydrogens (tertiary/aromatic N) is 1. The summed E-state index contributed by atoms with van der Waals surface area (Å²) in [5.41, 5.74) is 1.06. The summed E-state index contributed by atoms with van der Waals surface area (Å²) >= 11 is 0. The third kappa shape index (κ3) is 4.31. The molecule has 1 aromatic carbocycles. The molecular formula is C17H22N2O4. The maximum atomic E-state index is 12.2. The minimum atomic E-state index is -0.155. The molecule has 6 nitrogen and oxygen atoms in total. The standard InChI is InChI=1S/C17H22N2O4/c1-3-4-9-18-16(21)8-6-14(20)12-5-7-15-13(10-12)19(2)17(22)11-23-15/h5,7,10H,3-4,6,8-9,11H2,1-2H3,(H,18,21). The maximum absolute atomic E-state index is 12.2. The number of unbranched alkanes of at least 4 members (excludes halogenated alkanes) is 1. The average Bonchev–Trinajstić information content (AvgIpc) is 2.56. The van der Waals surface area contributed by atoms with Crippen LogP contribution in [0.15, 0.2) is 18.2 Å². The molecule has 2 rings (SSSR count). The van der Waals surface area contributed by atoms with Crippen LogP contribution in [-0.2, 0) is 9.59 Å². The van der Waals surface area contributed by atoms with Gasteiger partial charge in [0.25, 0.3) is 5.91 Å². The molecule has 124 valence electrons. The number of benzene rings is 1. The van der Waals surface area contributed by atoms with Crippen molar-refractivity contribution in [2.45, 2.75) is 32.6 Å². The molecule has 1 aliphatic heterocycles. The molecule has 0 saturated carbocycles. The van der Waals surface area contributed by atoms with Crippen LogP contribution >= 0.6 is 0 Å². The number of nitrogens with one attached hydrogen (secondary N) is 1. The zero-order chi connectivity index (χ0) is 16.8. The molecule has 0 aromatic heterocycles. The Morgan fingerprint density at radius 2 is 2.09 bits per heavy atom. The molecule has 0 bridgehead atoms. The van der Waals surface area contributed by atoms with E-state index in [1.54, 1.807) is 25.2 Å². The normalized spacial score (nSPS) is 13.3. The minimum Gasteiger partial charge on any atom is -0.482 e. The van der Waals surface area contributed by atoms with Crippen molar-refractivity contribution < 1.29 is 19.1 Å². The Bertz CT molecular complexity index is 613. The Morgan fingerprint density at radius 3 is 2.83 bits per heavy atom. The van der Waals surface area contributed by atoms with E-state index in [-0.39, 0.29) is 37.0 Å². The molecule has 1 aliphatic rings. The SMILES string of the molecule is CCCCNC(=O)CCC(=O)c1ccc2c(c1)N(C)C(=O)CO2. The van der Waals surface area contributed by atoms with E-state index in [2.05, 4.69) is 12.2 Å². The first-order valence-electron chi connectivity index (χ1n) is 7.86. The molecule has 0 spiro atoms. The summed E-state index contributed by atoms with van der Waals surface area (Å²) in [7, 11) is 1.65. The van der Waals surface area contributed by atoms with Gasteiger partial charge in [-0.15, -0.1) is 0 Å². The van der Waals surface area contributed by atoms with Gasteiger partial charge in [0.15, 0.2) is 12.4 Å². The van der Waals surface area contributed by atoms with Gasteiger partial charge in [0.2, 0.25) is 5.91 Å². The first kappa shape index (κ1) is 17.0. The van der Waals surface area contributed by atoms with E-state index < -0.39 is 0 Å². The van der Waals surface area contributed by atoms with Gasteiger partial charge in [-0.2, -0.15) is 0 Å². The third-order valence-corrected chi connectivity index (χ3v) is 3.80. The fraction of sp³-hybridized carbons (Fsp3) is 0.471. The molecule has 0 radical (unpaired) electrons. The summed E-state index contributed by atoms with van der Waals surface area (Å²) in [6.45, 7) is 2.71. The van der Waals surface area contributed by atoms with Gasteiger partial charge in [0.05, 0.1) is 5.69 Å². The van der Waals surface area contributed by atoms with Gasteiger partial charge >= 0.3 is 0 Å². The van der Waals surface area contributed by atoms with E-state index in [4.69, 9.17) is 4.74 Å². The zero-order valence-corrected chi connectivity index (χ0v) is 13.6. The van der Waals surface area contributed by atoms with Crippen molar-refractivity contribution in [2.75, 3.05) is 25.1 Å². The van der Waals surface area contributed by atoms with E-state index in [1.807, 2.05) is 0 Å². The van der Waals surface area contributed by atoms with Crippen LogP contribution in [0.5, 0.6) is 5.75 Å². The highest BCUT2D eigenvalue weighted by Crippen LogP contribution is 2.32. The molecule has 1 N–H and O–H groups in total. The quantitative estimate of drug-likeness (QED) is 0.615. The zero-order valence-electron chi connectivity index (χ0n) is 13.6. The number of amides is 2. The first-order valence-corrected chi connectivity index (χ1v) is 7.86. The number of hydrogen-bond donors (Lipinski definition) is 1. The number of carbonyl (C=O) groups excluding carboxylic acids is 3. The number of hydrogen-bond acceptors (Lipinski definition) is 4. The Balaban J connectivity index is 1.95. The lowest BCUT2D eigenvalue weighted by Gasteiger charge is -2.26. The lowest BCUT2D eigenvalue weighted by molar-refractivity contribution is -0.121. The lowest BCUT2D eigenvalue weighted by Crippen LogP contribution is -2.35. The van der Waals surface area contributed by atoms with Crippen molar-refractivity contribution in [3.63, 3.8) is 0 Å². The maximum Gasteiger partial charge on any atom is 0.264 e. The van der Waals surface area contributed by atoms with Crippen LogP contribution in [0.4, 0.5) is 5.69 Å². The fourth-order valence-electron chi connectivity index (χ4n) is 2.31. The number of Topliss-reactive ketones (excluding diaryl/α,β-unsaturated/α-hetero) is 1. The second kappa shape index (κ2) is 7.76. The lowest BCUT2D eigenvalue weighted by atomic mass is 10.0. The molecule has 23 heavy (non-hydrogen) atoms. The summed E-state index contributed by atoms with van der Waals surface area (Å²) < 4.78 is 5.33. The largest absolute Gasteiger partial charge is 0.482 e. The van der Waals surface area contributed by atoms with Crippen molar-refractivity contribution in [1.82, 2.24) is 5.32 Å². The smallest absolute Gasteiger partial charge is 0.264 e. The number of likely N-dealkylation sites (N-methyl/N-ethyl adjacent to an activating group) is 1. The minimum absolute atomic E-state index is 0.00866. The van der Waals surface area contributed by atoms with Gasteiger partial charge in [-0.1, -0.05) is 13.3 Å². The number of anilines is 1. The fourth-order valence-corrected chi connectivity index (χ4v) is 2.31. The Kier molecular flexibility index (Phi) is 5.73. The van der Waals surface area contributed by atoms with E-state index in [0.717, 1.165) is 12.8 Å². The van der Waals surface area contributed by atoms with Crippen molar-refractivity contribution >= 4 is 23.3 Å². The molecular weight excluding hydrogens is 296 g/mol. The van der Waals surface area contributed by atoms with Crippen LogP contribution in [0.1, 0.15) is 43.0 Å². The highest BCUT2D eigenvalue weighted by molar-refractivity contribution is 6.02. The molecule has 0 atom stereocenters. The van der Waals surface area contributed by atoms with Crippen LogP contribution < -0.4 is 15.0 Å². The summed E-state index contributed by atoms with van der Waals surface area (Å²) in [4.78, 5) is 37.0. The van der Waals surface area contributed by atoms with Crippen molar-refractivity contribution in [2.24, 2.45) is 0 Å². The number of fused-ring (bicyclic) bond motifs is 1. The highest BCUT2D eigenvalue weighted by atomic mass is 16.5. The number of ether oxygens (including phenoxy) is 1. The van der Waals surface area contributed by atoms with E-state index in [9.17, 15) is 14.4 Å². The second-order valence-corrected chi connectivity index (χ2v) is 5.55. The van der Waals surface area contributed by atoms with Crippen molar-refractivity contribution in [1.29, 1.82) is 0 Å². The highest BCUT2D eigenvalue weighted by Gasteiger charge is 2.23. The Morgan fingerprint density at radius 1 is 1.30 bits per heavy atom. The summed E-state index contributed by atoms with van der Waals surface area (Å²) in [6, 6.07) is 5.00. The number of ketones is 1. The molecule has 0 saturated heterocycles. The molecule has 0 fully saturated rings. The Labute approximate surface area is 135 Å². The van der Waals surface area contributed by atoms with E-state index >= 15 is 0 Å². The van der Waals surface area contributed by atoms with Gasteiger partial charge in [-0.3, -0.25) is 14.4 Å². The monoisotopic (exact) mass is 318 g/mol. The van der Waals surface area contributed by atoms with E-state index in [0.29, 0.717) is 23.5 Å². The van der Waals surface area contributed by atoms with Gasteiger partial charge < -0.3 is 15.0 Å². The molecule has 0 unspecified atom stereocenters. The second-order valence-electron chi connectivity index (χ2n) is 5.55. The summed E-state index contributed by atoms with van der Waals surface area (Å²) in [5, 5.41) is 2.79. The van der Waals surface area contributed by atoms with Crippen LogP contribution in [0.25, 0.3) is 0 Å². The molecule has 0 aliphatic carbocycles. The number of rotatable bonds is 7. The molecule has 2 amide bonds. The Hall–Kier alpha value is -2.37. The number of carbonyl (C=O) groups is 3. The van der Waals surface area contributed by atoms with Gasteiger partial charge in [0.1, 0.15) is 5.75 Å².